The average molecular weight is 358 g/mol. The minimum Gasteiger partial charge on any atom is -0.497 e. The SMILES string of the molecule is COc1cccc(CN2C[C@@H](C(=O)N3CCCCCCC3)CCC2=O)c1. The van der Waals surface area contributed by atoms with Crippen molar-refractivity contribution in [3.8, 4) is 5.75 Å². The fourth-order valence-corrected chi connectivity index (χ4v) is 3.99. The van der Waals surface area contributed by atoms with Gasteiger partial charge in [0, 0.05) is 32.6 Å². The van der Waals surface area contributed by atoms with Gasteiger partial charge in [-0.3, -0.25) is 9.59 Å². The van der Waals surface area contributed by atoms with Gasteiger partial charge in [-0.05, 0) is 37.0 Å². The number of ether oxygens (including phenoxy) is 1. The van der Waals surface area contributed by atoms with Crippen LogP contribution in [0.15, 0.2) is 24.3 Å². The lowest BCUT2D eigenvalue weighted by Gasteiger charge is -2.35. The van der Waals surface area contributed by atoms with E-state index < -0.39 is 0 Å². The standard InChI is InChI=1S/C21H30N2O3/c1-26-19-9-7-8-17(14-19)15-23-16-18(10-11-20(23)24)21(25)22-12-5-3-2-4-6-13-22/h7-9,14,18H,2-6,10-13,15-16H2,1H3/t18-/m0/s1. The van der Waals surface area contributed by atoms with E-state index >= 15 is 0 Å². The molecule has 0 unspecified atom stereocenters. The van der Waals surface area contributed by atoms with Crippen molar-refractivity contribution in [2.45, 2.75) is 51.5 Å². The molecule has 142 valence electrons. The average Bonchev–Trinajstić information content (AvgIpc) is 2.63. The zero-order valence-electron chi connectivity index (χ0n) is 15.8. The van der Waals surface area contributed by atoms with Crippen LogP contribution in [-0.2, 0) is 16.1 Å². The van der Waals surface area contributed by atoms with Crippen LogP contribution in [0.5, 0.6) is 5.75 Å². The lowest BCUT2D eigenvalue weighted by molar-refractivity contribution is -0.143. The van der Waals surface area contributed by atoms with Gasteiger partial charge in [-0.2, -0.15) is 0 Å². The molecule has 0 spiro atoms. The van der Waals surface area contributed by atoms with E-state index in [0.29, 0.717) is 25.9 Å². The van der Waals surface area contributed by atoms with Gasteiger partial charge in [0.05, 0.1) is 13.0 Å². The number of piperidine rings is 1. The number of carbonyl (C=O) groups excluding carboxylic acids is 2. The van der Waals surface area contributed by atoms with Gasteiger partial charge < -0.3 is 14.5 Å². The molecule has 5 heteroatoms. The van der Waals surface area contributed by atoms with Gasteiger partial charge in [0.25, 0.3) is 0 Å². The Morgan fingerprint density at radius 3 is 2.62 bits per heavy atom. The summed E-state index contributed by atoms with van der Waals surface area (Å²) in [5.41, 5.74) is 1.04. The van der Waals surface area contributed by atoms with Gasteiger partial charge >= 0.3 is 0 Å². The van der Waals surface area contributed by atoms with E-state index in [1.807, 2.05) is 34.1 Å². The molecule has 1 atom stereocenters. The molecule has 5 nitrogen and oxygen atoms in total. The van der Waals surface area contributed by atoms with Crippen LogP contribution >= 0.6 is 0 Å². The normalized spacial score (nSPS) is 21.9. The van der Waals surface area contributed by atoms with Crippen molar-refractivity contribution in [2.75, 3.05) is 26.7 Å². The number of hydrogen-bond acceptors (Lipinski definition) is 3. The van der Waals surface area contributed by atoms with Crippen molar-refractivity contribution < 1.29 is 14.3 Å². The van der Waals surface area contributed by atoms with E-state index in [1.165, 1.54) is 19.3 Å². The fourth-order valence-electron chi connectivity index (χ4n) is 3.99. The molecule has 0 radical (unpaired) electrons. The maximum Gasteiger partial charge on any atom is 0.227 e. The highest BCUT2D eigenvalue weighted by Crippen LogP contribution is 2.24. The van der Waals surface area contributed by atoms with Gasteiger partial charge in [0.1, 0.15) is 5.75 Å². The fraction of sp³-hybridized carbons (Fsp3) is 0.619. The van der Waals surface area contributed by atoms with Crippen LogP contribution in [0.3, 0.4) is 0 Å². The summed E-state index contributed by atoms with van der Waals surface area (Å²) < 4.78 is 5.27. The zero-order valence-corrected chi connectivity index (χ0v) is 15.8. The second-order valence-corrected chi connectivity index (χ2v) is 7.45. The topological polar surface area (TPSA) is 49.9 Å². The maximum atomic E-state index is 13.0. The molecule has 0 bridgehead atoms. The van der Waals surface area contributed by atoms with Crippen molar-refractivity contribution in [1.82, 2.24) is 9.80 Å². The molecule has 2 saturated heterocycles. The van der Waals surface area contributed by atoms with Gasteiger partial charge in [-0.25, -0.2) is 0 Å². The monoisotopic (exact) mass is 358 g/mol. The molecule has 3 rings (SSSR count). The molecule has 2 heterocycles. The quantitative estimate of drug-likeness (QED) is 0.830. The second-order valence-electron chi connectivity index (χ2n) is 7.45. The maximum absolute atomic E-state index is 13.0. The molecule has 0 aliphatic carbocycles. The van der Waals surface area contributed by atoms with Crippen LogP contribution in [0.1, 0.15) is 50.5 Å². The third-order valence-corrected chi connectivity index (χ3v) is 5.52. The van der Waals surface area contributed by atoms with Gasteiger partial charge in [-0.1, -0.05) is 31.4 Å². The van der Waals surface area contributed by atoms with E-state index in [1.54, 1.807) is 7.11 Å². The number of amides is 2. The van der Waals surface area contributed by atoms with E-state index in [4.69, 9.17) is 4.74 Å². The number of nitrogens with zero attached hydrogens (tertiary/aromatic N) is 2. The summed E-state index contributed by atoms with van der Waals surface area (Å²) in [6.45, 7) is 2.82. The molecule has 26 heavy (non-hydrogen) atoms. The van der Waals surface area contributed by atoms with Crippen LogP contribution < -0.4 is 4.74 Å². The first kappa shape index (κ1) is 18.7. The Bertz CT molecular complexity index is 623. The van der Waals surface area contributed by atoms with Crippen molar-refractivity contribution in [2.24, 2.45) is 5.92 Å². The van der Waals surface area contributed by atoms with Gasteiger partial charge in [0.2, 0.25) is 11.8 Å². The zero-order chi connectivity index (χ0) is 18.4. The molecule has 2 fully saturated rings. The summed E-state index contributed by atoms with van der Waals surface area (Å²) in [6.07, 6.45) is 7.07. The molecular weight excluding hydrogens is 328 g/mol. The first-order chi connectivity index (χ1) is 12.7. The van der Waals surface area contributed by atoms with Crippen molar-refractivity contribution in [3.05, 3.63) is 29.8 Å². The Morgan fingerprint density at radius 2 is 1.88 bits per heavy atom. The molecule has 0 N–H and O–H groups in total. The second kappa shape index (κ2) is 9.06. The molecule has 0 saturated carbocycles. The minimum absolute atomic E-state index is 0.0577. The number of carbonyl (C=O) groups is 2. The Kier molecular flexibility index (Phi) is 6.53. The van der Waals surface area contributed by atoms with Gasteiger partial charge in [0.15, 0.2) is 0 Å². The number of rotatable bonds is 4. The van der Waals surface area contributed by atoms with Crippen molar-refractivity contribution in [3.63, 3.8) is 0 Å². The Morgan fingerprint density at radius 1 is 1.15 bits per heavy atom. The largest absolute Gasteiger partial charge is 0.497 e. The van der Waals surface area contributed by atoms with Crippen LogP contribution in [0.4, 0.5) is 0 Å². The Hall–Kier alpha value is -2.04. The van der Waals surface area contributed by atoms with Crippen LogP contribution in [0.2, 0.25) is 0 Å². The van der Waals surface area contributed by atoms with Crippen LogP contribution in [0, 0.1) is 5.92 Å². The lowest BCUT2D eigenvalue weighted by atomic mass is 9.94. The summed E-state index contributed by atoms with van der Waals surface area (Å²) in [5, 5.41) is 0. The van der Waals surface area contributed by atoms with Gasteiger partial charge in [-0.15, -0.1) is 0 Å². The molecule has 2 aliphatic rings. The Balaban J connectivity index is 1.63. The molecule has 1 aromatic carbocycles. The first-order valence-corrected chi connectivity index (χ1v) is 9.87. The molecular formula is C21H30N2O3. The van der Waals surface area contributed by atoms with E-state index in [2.05, 4.69) is 0 Å². The number of likely N-dealkylation sites (tertiary alicyclic amines) is 2. The van der Waals surface area contributed by atoms with Crippen molar-refractivity contribution in [1.29, 1.82) is 0 Å². The van der Waals surface area contributed by atoms with E-state index in [-0.39, 0.29) is 17.7 Å². The highest BCUT2D eigenvalue weighted by molar-refractivity contribution is 5.84. The van der Waals surface area contributed by atoms with Crippen LogP contribution in [-0.4, -0.2) is 48.4 Å². The molecule has 1 aromatic rings. The number of hydrogen-bond donors (Lipinski definition) is 0. The molecule has 2 amide bonds. The third kappa shape index (κ3) is 4.77. The number of methoxy groups -OCH3 is 1. The lowest BCUT2D eigenvalue weighted by Crippen LogP contribution is -2.47. The molecule has 0 aromatic heterocycles. The summed E-state index contributed by atoms with van der Waals surface area (Å²) in [7, 11) is 1.64. The number of benzene rings is 1. The van der Waals surface area contributed by atoms with E-state index in [0.717, 1.165) is 37.2 Å². The molecule has 2 aliphatic heterocycles. The summed E-state index contributed by atoms with van der Waals surface area (Å²) in [4.78, 5) is 29.2. The van der Waals surface area contributed by atoms with Crippen LogP contribution in [0.25, 0.3) is 0 Å². The summed E-state index contributed by atoms with van der Waals surface area (Å²) in [6, 6.07) is 7.79. The van der Waals surface area contributed by atoms with Crippen molar-refractivity contribution >= 4 is 11.8 Å². The smallest absolute Gasteiger partial charge is 0.227 e. The van der Waals surface area contributed by atoms with E-state index in [9.17, 15) is 9.59 Å². The first-order valence-electron chi connectivity index (χ1n) is 9.87. The predicted molar refractivity (Wildman–Crippen MR) is 101 cm³/mol. The highest BCUT2D eigenvalue weighted by Gasteiger charge is 2.32. The highest BCUT2D eigenvalue weighted by atomic mass is 16.5. The summed E-state index contributed by atoms with van der Waals surface area (Å²) in [5.74, 6) is 1.12. The minimum atomic E-state index is -0.0577. The Labute approximate surface area is 156 Å². The third-order valence-electron chi connectivity index (χ3n) is 5.52. The predicted octanol–water partition coefficient (Wildman–Crippen LogP) is 3.23. The summed E-state index contributed by atoms with van der Waals surface area (Å²) >= 11 is 0.